The van der Waals surface area contributed by atoms with Crippen LogP contribution in [0.3, 0.4) is 0 Å². The average molecular weight is 355 g/mol. The van der Waals surface area contributed by atoms with Gasteiger partial charge in [0, 0.05) is 39.1 Å². The van der Waals surface area contributed by atoms with Crippen molar-refractivity contribution in [2.24, 2.45) is 5.73 Å². The van der Waals surface area contributed by atoms with Crippen molar-refractivity contribution in [3.05, 3.63) is 23.9 Å². The molecule has 0 bridgehead atoms. The van der Waals surface area contributed by atoms with Crippen LogP contribution in [0.25, 0.3) is 0 Å². The number of nitrogens with one attached hydrogen (secondary N) is 1. The first-order valence-corrected chi connectivity index (χ1v) is 8.38. The maximum Gasteiger partial charge on any atom is 0.307 e. The predicted octanol–water partition coefficient (Wildman–Crippen LogP) is 1.01. The summed E-state index contributed by atoms with van der Waals surface area (Å²) in [5.41, 5.74) is 6.29. The zero-order valence-electron chi connectivity index (χ0n) is 15.2. The Kier molecular flexibility index (Phi) is 10.7. The number of methoxy groups -OCH3 is 2. The molecular formula is C17H29N3O5. The summed E-state index contributed by atoms with van der Waals surface area (Å²) in [6.45, 7) is 3.64. The molecule has 3 N–H and O–H groups in total. The van der Waals surface area contributed by atoms with E-state index in [0.29, 0.717) is 32.2 Å². The zero-order chi connectivity index (χ0) is 18.5. The first-order valence-electron chi connectivity index (χ1n) is 8.38. The van der Waals surface area contributed by atoms with Gasteiger partial charge in [-0.3, -0.25) is 4.79 Å². The maximum atomic E-state index is 11.9. The molecule has 0 saturated carbocycles. The van der Waals surface area contributed by atoms with Crippen LogP contribution in [0.5, 0.6) is 5.88 Å². The molecule has 142 valence electrons. The molecule has 0 radical (unpaired) electrons. The summed E-state index contributed by atoms with van der Waals surface area (Å²) >= 11 is 0. The Labute approximate surface area is 149 Å². The number of rotatable bonds is 13. The van der Waals surface area contributed by atoms with E-state index >= 15 is 0 Å². The van der Waals surface area contributed by atoms with Gasteiger partial charge in [-0.2, -0.15) is 0 Å². The molecule has 25 heavy (non-hydrogen) atoms. The molecule has 1 rings (SSSR count). The number of nitrogens with two attached hydrogens (primary N) is 1. The fraction of sp³-hybridized carbons (Fsp3) is 0.647. The number of hydrogen-bond donors (Lipinski definition) is 2. The van der Waals surface area contributed by atoms with Crippen LogP contribution >= 0.6 is 0 Å². The minimum Gasteiger partial charge on any atom is -0.478 e. The molecule has 0 aliphatic carbocycles. The molecule has 0 aliphatic rings. The van der Waals surface area contributed by atoms with Gasteiger partial charge in [-0.15, -0.1) is 0 Å². The number of carbonyl (C=O) groups excluding carboxylic acids is 1. The second kappa shape index (κ2) is 12.6. The summed E-state index contributed by atoms with van der Waals surface area (Å²) < 4.78 is 20.9. The molecule has 0 amide bonds. The molecule has 1 atom stereocenters. The molecule has 0 unspecified atom stereocenters. The van der Waals surface area contributed by atoms with Crippen molar-refractivity contribution in [2.45, 2.75) is 32.1 Å². The lowest BCUT2D eigenvalue weighted by atomic mass is 10.1. The van der Waals surface area contributed by atoms with Crippen molar-refractivity contribution >= 4 is 5.97 Å². The van der Waals surface area contributed by atoms with Gasteiger partial charge in [0.1, 0.15) is 0 Å². The van der Waals surface area contributed by atoms with Crippen molar-refractivity contribution in [2.75, 3.05) is 40.5 Å². The van der Waals surface area contributed by atoms with Gasteiger partial charge in [0.25, 0.3) is 0 Å². The van der Waals surface area contributed by atoms with E-state index in [2.05, 4.69) is 10.3 Å². The predicted molar refractivity (Wildman–Crippen MR) is 93.2 cm³/mol. The second-order valence-corrected chi connectivity index (χ2v) is 5.29. The Balaban J connectivity index is 2.73. The number of carbonyl (C=O) groups is 1. The third-order valence-electron chi connectivity index (χ3n) is 3.49. The van der Waals surface area contributed by atoms with E-state index in [1.165, 1.54) is 0 Å². The van der Waals surface area contributed by atoms with Gasteiger partial charge in [0.2, 0.25) is 5.88 Å². The molecule has 1 heterocycles. The van der Waals surface area contributed by atoms with Crippen LogP contribution in [0, 0.1) is 0 Å². The molecule has 0 spiro atoms. The van der Waals surface area contributed by atoms with E-state index in [4.69, 9.17) is 24.7 Å². The second-order valence-electron chi connectivity index (χ2n) is 5.29. The number of hydrogen-bond acceptors (Lipinski definition) is 8. The van der Waals surface area contributed by atoms with Gasteiger partial charge >= 0.3 is 5.97 Å². The van der Waals surface area contributed by atoms with Gasteiger partial charge in [-0.25, -0.2) is 4.98 Å². The van der Waals surface area contributed by atoms with Gasteiger partial charge in [0.05, 0.1) is 19.6 Å². The van der Waals surface area contributed by atoms with Gasteiger partial charge in [0.15, 0.2) is 6.29 Å². The van der Waals surface area contributed by atoms with Crippen LogP contribution in [-0.4, -0.2) is 57.8 Å². The standard InChI is InChI=1S/C17H29N3O5/c1-4-24-16(21)10-14(19-12-17(22-2)23-3)13-6-7-15(20-11-13)25-9-5-8-18/h6-7,11,14,17,19H,4-5,8-10,12,18H2,1-3H3/t14-/m0/s1. The van der Waals surface area contributed by atoms with E-state index in [9.17, 15) is 4.79 Å². The smallest absolute Gasteiger partial charge is 0.307 e. The summed E-state index contributed by atoms with van der Waals surface area (Å²) in [6.07, 6.45) is 2.23. The summed E-state index contributed by atoms with van der Waals surface area (Å²) in [4.78, 5) is 16.1. The SMILES string of the molecule is CCOC(=O)C[C@H](NCC(OC)OC)c1ccc(OCCCN)nc1. The van der Waals surface area contributed by atoms with E-state index in [0.717, 1.165) is 12.0 Å². The molecule has 8 nitrogen and oxygen atoms in total. The van der Waals surface area contributed by atoms with Crippen molar-refractivity contribution in [3.63, 3.8) is 0 Å². The monoisotopic (exact) mass is 355 g/mol. The summed E-state index contributed by atoms with van der Waals surface area (Å²) in [7, 11) is 3.12. The minimum absolute atomic E-state index is 0.184. The number of pyridine rings is 1. The summed E-state index contributed by atoms with van der Waals surface area (Å²) in [5.74, 6) is 0.244. The average Bonchev–Trinajstić information content (AvgIpc) is 2.62. The lowest BCUT2D eigenvalue weighted by molar-refractivity contribution is -0.144. The Hall–Kier alpha value is -1.74. The zero-order valence-corrected chi connectivity index (χ0v) is 15.2. The van der Waals surface area contributed by atoms with Gasteiger partial charge < -0.3 is 30.0 Å². The van der Waals surface area contributed by atoms with Gasteiger partial charge in [-0.05, 0) is 25.5 Å². The van der Waals surface area contributed by atoms with E-state index in [1.807, 2.05) is 6.07 Å². The maximum absolute atomic E-state index is 11.9. The topological polar surface area (TPSA) is 105 Å². The Morgan fingerprint density at radius 3 is 2.64 bits per heavy atom. The van der Waals surface area contributed by atoms with Gasteiger partial charge in [-0.1, -0.05) is 6.07 Å². The number of ether oxygens (including phenoxy) is 4. The highest BCUT2D eigenvalue weighted by atomic mass is 16.7. The lowest BCUT2D eigenvalue weighted by Gasteiger charge is -2.21. The fourth-order valence-corrected chi connectivity index (χ4v) is 2.14. The van der Waals surface area contributed by atoms with E-state index in [-0.39, 0.29) is 18.4 Å². The van der Waals surface area contributed by atoms with Crippen molar-refractivity contribution < 1.29 is 23.7 Å². The molecule has 1 aromatic rings. The van der Waals surface area contributed by atoms with Crippen molar-refractivity contribution in [3.8, 4) is 5.88 Å². The quantitative estimate of drug-likeness (QED) is 0.307. The summed E-state index contributed by atoms with van der Waals surface area (Å²) in [5, 5.41) is 3.25. The highest BCUT2D eigenvalue weighted by Crippen LogP contribution is 2.19. The first kappa shape index (κ1) is 21.3. The third-order valence-corrected chi connectivity index (χ3v) is 3.49. The molecule has 0 aliphatic heterocycles. The highest BCUT2D eigenvalue weighted by molar-refractivity contribution is 5.70. The Morgan fingerprint density at radius 2 is 2.08 bits per heavy atom. The van der Waals surface area contributed by atoms with E-state index in [1.54, 1.807) is 33.4 Å². The first-order chi connectivity index (χ1) is 12.1. The largest absolute Gasteiger partial charge is 0.478 e. The minimum atomic E-state index is -0.406. The lowest BCUT2D eigenvalue weighted by Crippen LogP contribution is -2.34. The third kappa shape index (κ3) is 8.26. The molecule has 0 aromatic carbocycles. The highest BCUT2D eigenvalue weighted by Gasteiger charge is 2.19. The van der Waals surface area contributed by atoms with Crippen LogP contribution in [0.15, 0.2) is 18.3 Å². The number of esters is 1. The van der Waals surface area contributed by atoms with Crippen LogP contribution in [-0.2, 0) is 19.0 Å². The van der Waals surface area contributed by atoms with Crippen LogP contribution in [0.2, 0.25) is 0 Å². The number of aromatic nitrogens is 1. The Morgan fingerprint density at radius 1 is 1.32 bits per heavy atom. The number of nitrogens with zero attached hydrogens (tertiary/aromatic N) is 1. The summed E-state index contributed by atoms with van der Waals surface area (Å²) in [6, 6.07) is 3.38. The van der Waals surface area contributed by atoms with Crippen molar-refractivity contribution in [1.82, 2.24) is 10.3 Å². The molecule has 1 aromatic heterocycles. The molecule has 0 fully saturated rings. The van der Waals surface area contributed by atoms with Crippen LogP contribution < -0.4 is 15.8 Å². The molecular weight excluding hydrogens is 326 g/mol. The van der Waals surface area contributed by atoms with Crippen LogP contribution in [0.1, 0.15) is 31.4 Å². The fourth-order valence-electron chi connectivity index (χ4n) is 2.14. The van der Waals surface area contributed by atoms with Crippen molar-refractivity contribution in [1.29, 1.82) is 0 Å². The molecule has 8 heteroatoms. The normalized spacial score (nSPS) is 12.2. The molecule has 0 saturated heterocycles. The Bertz CT molecular complexity index is 480. The van der Waals surface area contributed by atoms with Crippen LogP contribution in [0.4, 0.5) is 0 Å². The van der Waals surface area contributed by atoms with E-state index < -0.39 is 6.29 Å².